The van der Waals surface area contributed by atoms with Crippen molar-refractivity contribution in [2.24, 2.45) is 0 Å². The van der Waals surface area contributed by atoms with Crippen molar-refractivity contribution in [3.8, 4) is 0 Å². The summed E-state index contributed by atoms with van der Waals surface area (Å²) in [7, 11) is 0. The van der Waals surface area contributed by atoms with Crippen LogP contribution in [0.4, 0.5) is 0 Å². The number of morpholine rings is 1. The molecule has 2 rings (SSSR count). The molecule has 1 N–H and O–H groups in total. The number of hydrogen-bond acceptors (Lipinski definition) is 3. The molecule has 0 bridgehead atoms. The summed E-state index contributed by atoms with van der Waals surface area (Å²) >= 11 is 0. The molecule has 0 aliphatic carbocycles. The van der Waals surface area contributed by atoms with Crippen LogP contribution in [-0.2, 0) is 16.0 Å². The fourth-order valence-corrected chi connectivity index (χ4v) is 2.62. The molecule has 1 heterocycles. The van der Waals surface area contributed by atoms with E-state index in [0.717, 1.165) is 38.4 Å². The van der Waals surface area contributed by atoms with Gasteiger partial charge in [0.05, 0.1) is 19.6 Å². The van der Waals surface area contributed by atoms with Crippen molar-refractivity contribution in [3.05, 3.63) is 34.4 Å². The predicted octanol–water partition coefficient (Wildman–Crippen LogP) is 1.60. The minimum absolute atomic E-state index is 0.106. The zero-order valence-corrected chi connectivity index (χ0v) is 13.4. The van der Waals surface area contributed by atoms with Gasteiger partial charge < -0.3 is 10.1 Å². The Labute approximate surface area is 127 Å². The number of amides is 1. The average Bonchev–Trinajstić information content (AvgIpc) is 2.46. The van der Waals surface area contributed by atoms with Crippen molar-refractivity contribution in [1.82, 2.24) is 10.2 Å². The fourth-order valence-electron chi connectivity index (χ4n) is 2.62. The van der Waals surface area contributed by atoms with Gasteiger partial charge in [-0.1, -0.05) is 12.1 Å². The lowest BCUT2D eigenvalue weighted by atomic mass is 9.98. The van der Waals surface area contributed by atoms with E-state index in [-0.39, 0.29) is 5.91 Å². The lowest BCUT2D eigenvalue weighted by Crippen LogP contribution is -2.41. The van der Waals surface area contributed by atoms with Crippen LogP contribution in [0, 0.1) is 20.8 Å². The van der Waals surface area contributed by atoms with E-state index in [1.54, 1.807) is 0 Å². The Kier molecular flexibility index (Phi) is 5.76. The molecule has 0 atom stereocenters. The van der Waals surface area contributed by atoms with E-state index in [9.17, 15) is 4.79 Å². The van der Waals surface area contributed by atoms with Gasteiger partial charge in [-0.25, -0.2) is 0 Å². The number of nitrogens with one attached hydrogen (secondary N) is 1. The second kappa shape index (κ2) is 7.57. The Morgan fingerprint density at radius 2 is 1.81 bits per heavy atom. The molecule has 1 fully saturated rings. The summed E-state index contributed by atoms with van der Waals surface area (Å²) in [6, 6.07) is 4.29. The molecule has 1 aliphatic heterocycles. The van der Waals surface area contributed by atoms with Crippen molar-refractivity contribution in [2.45, 2.75) is 27.2 Å². The second-order valence-corrected chi connectivity index (χ2v) is 5.84. The Morgan fingerprint density at radius 1 is 1.14 bits per heavy atom. The van der Waals surface area contributed by atoms with E-state index >= 15 is 0 Å². The highest BCUT2D eigenvalue weighted by Crippen LogP contribution is 2.15. The minimum atomic E-state index is 0.106. The normalized spacial score (nSPS) is 16.0. The van der Waals surface area contributed by atoms with Crippen LogP contribution in [0.2, 0.25) is 0 Å². The fraction of sp³-hybridized carbons (Fsp3) is 0.588. The van der Waals surface area contributed by atoms with E-state index in [1.165, 1.54) is 16.7 Å². The molecule has 1 aromatic rings. The van der Waals surface area contributed by atoms with E-state index in [1.807, 2.05) is 0 Å². The van der Waals surface area contributed by atoms with Gasteiger partial charge in [-0.2, -0.15) is 0 Å². The maximum atomic E-state index is 12.0. The van der Waals surface area contributed by atoms with E-state index in [0.29, 0.717) is 13.0 Å². The first kappa shape index (κ1) is 16.0. The Bertz CT molecular complexity index is 494. The van der Waals surface area contributed by atoms with Crippen molar-refractivity contribution in [3.63, 3.8) is 0 Å². The number of ether oxygens (including phenoxy) is 1. The van der Waals surface area contributed by atoms with Crippen LogP contribution in [0.15, 0.2) is 12.1 Å². The molecule has 4 nitrogen and oxygen atoms in total. The van der Waals surface area contributed by atoms with Crippen LogP contribution in [0.5, 0.6) is 0 Å². The standard InChI is InChI=1S/C17H26N2O2/c1-13-10-15(3)16(11-14(13)2)12-17(20)18-4-5-19-6-8-21-9-7-19/h10-11H,4-9,12H2,1-3H3,(H,18,20). The quantitative estimate of drug-likeness (QED) is 0.895. The van der Waals surface area contributed by atoms with Gasteiger partial charge in [0.15, 0.2) is 0 Å². The Hall–Kier alpha value is -1.39. The lowest BCUT2D eigenvalue weighted by Gasteiger charge is -2.26. The van der Waals surface area contributed by atoms with Crippen molar-refractivity contribution >= 4 is 5.91 Å². The molecule has 0 spiro atoms. The summed E-state index contributed by atoms with van der Waals surface area (Å²) < 4.78 is 5.31. The van der Waals surface area contributed by atoms with Gasteiger partial charge in [0.1, 0.15) is 0 Å². The molecule has 0 saturated carbocycles. The van der Waals surface area contributed by atoms with Crippen LogP contribution < -0.4 is 5.32 Å². The van der Waals surface area contributed by atoms with Crippen LogP contribution in [0.3, 0.4) is 0 Å². The third-order valence-corrected chi connectivity index (χ3v) is 4.16. The molecular formula is C17H26N2O2. The van der Waals surface area contributed by atoms with E-state index in [2.05, 4.69) is 43.1 Å². The summed E-state index contributed by atoms with van der Waals surface area (Å²) in [5.74, 6) is 0.106. The smallest absolute Gasteiger partial charge is 0.224 e. The monoisotopic (exact) mass is 290 g/mol. The van der Waals surface area contributed by atoms with Gasteiger partial charge in [-0.3, -0.25) is 9.69 Å². The van der Waals surface area contributed by atoms with E-state index < -0.39 is 0 Å². The molecule has 0 radical (unpaired) electrons. The van der Waals surface area contributed by atoms with Gasteiger partial charge in [0, 0.05) is 26.2 Å². The molecule has 4 heteroatoms. The van der Waals surface area contributed by atoms with Gasteiger partial charge in [0.25, 0.3) is 0 Å². The topological polar surface area (TPSA) is 41.6 Å². The first-order valence-corrected chi connectivity index (χ1v) is 7.70. The highest BCUT2D eigenvalue weighted by atomic mass is 16.5. The van der Waals surface area contributed by atoms with Crippen molar-refractivity contribution in [2.75, 3.05) is 39.4 Å². The zero-order valence-electron chi connectivity index (χ0n) is 13.4. The third-order valence-electron chi connectivity index (χ3n) is 4.16. The predicted molar refractivity (Wildman–Crippen MR) is 84.6 cm³/mol. The number of rotatable bonds is 5. The van der Waals surface area contributed by atoms with Gasteiger partial charge in [-0.15, -0.1) is 0 Å². The van der Waals surface area contributed by atoms with Crippen LogP contribution >= 0.6 is 0 Å². The number of benzene rings is 1. The third kappa shape index (κ3) is 4.83. The Balaban J connectivity index is 1.77. The number of carbonyl (C=O) groups excluding carboxylic acids is 1. The van der Waals surface area contributed by atoms with Crippen LogP contribution in [0.1, 0.15) is 22.3 Å². The molecule has 1 aliphatic rings. The maximum absolute atomic E-state index is 12.0. The minimum Gasteiger partial charge on any atom is -0.379 e. The zero-order chi connectivity index (χ0) is 15.2. The first-order valence-electron chi connectivity index (χ1n) is 7.70. The van der Waals surface area contributed by atoms with Crippen LogP contribution in [0.25, 0.3) is 0 Å². The summed E-state index contributed by atoms with van der Waals surface area (Å²) in [4.78, 5) is 14.4. The first-order chi connectivity index (χ1) is 10.1. The summed E-state index contributed by atoms with van der Waals surface area (Å²) in [5, 5.41) is 3.02. The van der Waals surface area contributed by atoms with Gasteiger partial charge in [0.2, 0.25) is 5.91 Å². The van der Waals surface area contributed by atoms with Crippen LogP contribution in [-0.4, -0.2) is 50.2 Å². The van der Waals surface area contributed by atoms with Crippen molar-refractivity contribution < 1.29 is 9.53 Å². The van der Waals surface area contributed by atoms with Gasteiger partial charge in [-0.05, 0) is 43.0 Å². The highest BCUT2D eigenvalue weighted by Gasteiger charge is 2.11. The SMILES string of the molecule is Cc1cc(C)c(CC(=O)NCCN2CCOCC2)cc1C. The number of aryl methyl sites for hydroxylation is 3. The second-order valence-electron chi connectivity index (χ2n) is 5.84. The largest absolute Gasteiger partial charge is 0.379 e. The molecule has 0 unspecified atom stereocenters. The van der Waals surface area contributed by atoms with E-state index in [4.69, 9.17) is 4.74 Å². The average molecular weight is 290 g/mol. The molecular weight excluding hydrogens is 264 g/mol. The molecule has 21 heavy (non-hydrogen) atoms. The maximum Gasteiger partial charge on any atom is 0.224 e. The molecule has 1 saturated heterocycles. The van der Waals surface area contributed by atoms with Crippen molar-refractivity contribution in [1.29, 1.82) is 0 Å². The molecule has 1 aromatic carbocycles. The lowest BCUT2D eigenvalue weighted by molar-refractivity contribution is -0.120. The number of carbonyl (C=O) groups is 1. The van der Waals surface area contributed by atoms with Gasteiger partial charge >= 0.3 is 0 Å². The molecule has 116 valence electrons. The molecule has 1 amide bonds. The summed E-state index contributed by atoms with van der Waals surface area (Å²) in [6.45, 7) is 11.4. The summed E-state index contributed by atoms with van der Waals surface area (Å²) in [5.41, 5.74) is 4.85. The number of nitrogens with zero attached hydrogens (tertiary/aromatic N) is 1. The number of hydrogen-bond donors (Lipinski definition) is 1. The highest BCUT2D eigenvalue weighted by molar-refractivity contribution is 5.79. The molecule has 0 aromatic heterocycles. The Morgan fingerprint density at radius 3 is 2.52 bits per heavy atom. The summed E-state index contributed by atoms with van der Waals surface area (Å²) in [6.07, 6.45) is 0.468.